The van der Waals surface area contributed by atoms with E-state index in [-0.39, 0.29) is 0 Å². The molecule has 0 radical (unpaired) electrons. The van der Waals surface area contributed by atoms with Crippen molar-refractivity contribution in [3.05, 3.63) is 0 Å². The summed E-state index contributed by atoms with van der Waals surface area (Å²) >= 11 is 0. The van der Waals surface area contributed by atoms with Crippen LogP contribution in [0.15, 0.2) is 0 Å². The summed E-state index contributed by atoms with van der Waals surface area (Å²) in [6.45, 7) is 6.31. The maximum atomic E-state index is 7.52. The summed E-state index contributed by atoms with van der Waals surface area (Å²) in [6, 6.07) is 0.799. The minimum Gasteiger partial charge on any atom is -0.388 e. The highest BCUT2D eigenvalue weighted by molar-refractivity contribution is 5.78. The van der Waals surface area contributed by atoms with Gasteiger partial charge in [0.2, 0.25) is 0 Å². The van der Waals surface area contributed by atoms with Crippen LogP contribution in [0, 0.1) is 10.8 Å². The van der Waals surface area contributed by atoms with Crippen LogP contribution in [0.2, 0.25) is 0 Å². The summed E-state index contributed by atoms with van der Waals surface area (Å²) in [7, 11) is 0. The molecule has 3 fully saturated rings. The number of likely N-dealkylation sites (tertiary alicyclic amines) is 2. The molecule has 108 valence electrons. The lowest BCUT2D eigenvalue weighted by molar-refractivity contribution is 0.157. The second-order valence-corrected chi connectivity index (χ2v) is 6.98. The summed E-state index contributed by atoms with van der Waals surface area (Å²) in [5, 5.41) is 7.52. The van der Waals surface area contributed by atoms with Gasteiger partial charge in [0.05, 0.1) is 5.84 Å². The van der Waals surface area contributed by atoms with Crippen LogP contribution in [-0.4, -0.2) is 54.4 Å². The Hall–Kier alpha value is -0.610. The predicted molar refractivity (Wildman–Crippen MR) is 78.5 cm³/mol. The molecule has 1 atom stereocenters. The molecule has 4 nitrogen and oxygen atoms in total. The van der Waals surface area contributed by atoms with Crippen LogP contribution in [0.5, 0.6) is 0 Å². The van der Waals surface area contributed by atoms with Crippen molar-refractivity contribution in [1.29, 1.82) is 5.41 Å². The molecular weight excluding hydrogens is 236 g/mol. The molecule has 0 amide bonds. The first kappa shape index (κ1) is 13.4. The van der Waals surface area contributed by atoms with Gasteiger partial charge in [-0.15, -0.1) is 0 Å². The molecule has 0 bridgehead atoms. The Morgan fingerprint density at radius 3 is 2.53 bits per heavy atom. The zero-order valence-corrected chi connectivity index (χ0v) is 12.0. The van der Waals surface area contributed by atoms with E-state index in [1.54, 1.807) is 0 Å². The molecule has 3 rings (SSSR count). The van der Waals surface area contributed by atoms with Gasteiger partial charge in [-0.2, -0.15) is 0 Å². The van der Waals surface area contributed by atoms with Crippen LogP contribution in [-0.2, 0) is 0 Å². The van der Waals surface area contributed by atoms with Crippen molar-refractivity contribution < 1.29 is 0 Å². The summed E-state index contributed by atoms with van der Waals surface area (Å²) in [6.07, 6.45) is 8.92. The Labute approximate surface area is 116 Å². The number of hydrogen-bond acceptors (Lipinski definition) is 3. The van der Waals surface area contributed by atoms with Gasteiger partial charge in [-0.1, -0.05) is 6.42 Å². The Morgan fingerprint density at radius 1 is 1.16 bits per heavy atom. The van der Waals surface area contributed by atoms with E-state index in [1.165, 1.54) is 71.2 Å². The number of nitrogens with zero attached hydrogens (tertiary/aromatic N) is 2. The van der Waals surface area contributed by atoms with Crippen LogP contribution in [0.25, 0.3) is 0 Å². The zero-order chi connectivity index (χ0) is 13.3. The monoisotopic (exact) mass is 264 g/mol. The number of nitrogens with one attached hydrogen (secondary N) is 1. The maximum absolute atomic E-state index is 7.52. The highest BCUT2D eigenvalue weighted by Gasteiger charge is 2.45. The van der Waals surface area contributed by atoms with Crippen LogP contribution < -0.4 is 5.73 Å². The van der Waals surface area contributed by atoms with Gasteiger partial charge in [0.25, 0.3) is 0 Å². The topological polar surface area (TPSA) is 56.4 Å². The molecule has 0 aromatic rings. The van der Waals surface area contributed by atoms with Crippen LogP contribution in [0.1, 0.15) is 44.9 Å². The van der Waals surface area contributed by atoms with E-state index in [9.17, 15) is 0 Å². The molecule has 19 heavy (non-hydrogen) atoms. The average Bonchev–Trinajstić information content (AvgIpc) is 2.97. The van der Waals surface area contributed by atoms with Crippen LogP contribution in [0.3, 0.4) is 0 Å². The Bertz CT molecular complexity index is 331. The molecule has 0 aromatic carbocycles. The fraction of sp³-hybridized carbons (Fsp3) is 0.933. The Morgan fingerprint density at radius 2 is 1.89 bits per heavy atom. The van der Waals surface area contributed by atoms with Gasteiger partial charge < -0.3 is 10.6 Å². The molecule has 1 saturated carbocycles. The second-order valence-electron chi connectivity index (χ2n) is 6.98. The molecule has 3 aliphatic rings. The average molecular weight is 264 g/mol. The van der Waals surface area contributed by atoms with Crippen molar-refractivity contribution >= 4 is 5.84 Å². The molecule has 4 heteroatoms. The molecule has 0 spiro atoms. The van der Waals surface area contributed by atoms with Crippen LogP contribution >= 0.6 is 0 Å². The van der Waals surface area contributed by atoms with Gasteiger partial charge in [-0.05, 0) is 57.2 Å². The van der Waals surface area contributed by atoms with Gasteiger partial charge in [-0.3, -0.25) is 10.3 Å². The molecule has 1 aliphatic carbocycles. The summed E-state index contributed by atoms with van der Waals surface area (Å²) in [5.74, 6) is 0.379. The summed E-state index contributed by atoms with van der Waals surface area (Å²) in [5.41, 5.74) is 5.97. The van der Waals surface area contributed by atoms with Crippen LogP contribution in [0.4, 0.5) is 0 Å². The first-order valence-electron chi connectivity index (χ1n) is 7.96. The zero-order valence-electron chi connectivity index (χ0n) is 12.0. The van der Waals surface area contributed by atoms with Gasteiger partial charge in [-0.25, -0.2) is 0 Å². The molecule has 0 aromatic heterocycles. The number of hydrogen-bond donors (Lipinski definition) is 2. The van der Waals surface area contributed by atoms with E-state index < -0.39 is 0 Å². The van der Waals surface area contributed by atoms with Crippen molar-refractivity contribution in [3.8, 4) is 0 Å². The van der Waals surface area contributed by atoms with E-state index in [4.69, 9.17) is 11.1 Å². The van der Waals surface area contributed by atoms with Crippen molar-refractivity contribution in [3.63, 3.8) is 0 Å². The SMILES string of the molecule is N=C(N)CC1(CN2CCC(N3CCCCC3)C2)CC1. The molecular formula is C15H28N4. The molecule has 2 aliphatic heterocycles. The lowest BCUT2D eigenvalue weighted by atomic mass is 10.0. The minimum atomic E-state index is 0.378. The highest BCUT2D eigenvalue weighted by atomic mass is 15.3. The van der Waals surface area contributed by atoms with Crippen molar-refractivity contribution in [1.82, 2.24) is 9.80 Å². The van der Waals surface area contributed by atoms with E-state index in [0.29, 0.717) is 11.3 Å². The first-order chi connectivity index (χ1) is 9.17. The minimum absolute atomic E-state index is 0.378. The second kappa shape index (κ2) is 5.41. The van der Waals surface area contributed by atoms with Gasteiger partial charge in [0, 0.05) is 25.6 Å². The molecule has 2 heterocycles. The predicted octanol–water partition coefficient (Wildman–Crippen LogP) is 1.65. The number of nitrogens with two attached hydrogens (primary N) is 1. The fourth-order valence-corrected chi connectivity index (χ4v) is 3.98. The van der Waals surface area contributed by atoms with Crippen molar-refractivity contribution in [2.45, 2.75) is 51.0 Å². The van der Waals surface area contributed by atoms with E-state index in [1.807, 2.05) is 0 Å². The van der Waals surface area contributed by atoms with Crippen molar-refractivity contribution in [2.75, 3.05) is 32.7 Å². The maximum Gasteiger partial charge on any atom is 0.0911 e. The molecule has 2 saturated heterocycles. The third-order valence-corrected chi connectivity index (χ3v) is 5.24. The summed E-state index contributed by atoms with van der Waals surface area (Å²) in [4.78, 5) is 5.35. The third kappa shape index (κ3) is 3.29. The molecule has 1 unspecified atom stereocenters. The highest BCUT2D eigenvalue weighted by Crippen LogP contribution is 2.49. The smallest absolute Gasteiger partial charge is 0.0911 e. The lowest BCUT2D eigenvalue weighted by Crippen LogP contribution is -2.41. The summed E-state index contributed by atoms with van der Waals surface area (Å²) < 4.78 is 0. The van der Waals surface area contributed by atoms with Gasteiger partial charge in [0.1, 0.15) is 0 Å². The standard InChI is InChI=1S/C15H28N4/c16-14(17)10-15(5-6-15)12-18-9-4-13(11-18)19-7-2-1-3-8-19/h13H,1-12H2,(H3,16,17). The number of rotatable bonds is 5. The largest absolute Gasteiger partial charge is 0.388 e. The number of piperidine rings is 1. The van der Waals surface area contributed by atoms with E-state index in [0.717, 1.165) is 12.5 Å². The lowest BCUT2D eigenvalue weighted by Gasteiger charge is -2.32. The van der Waals surface area contributed by atoms with E-state index in [2.05, 4.69) is 9.80 Å². The van der Waals surface area contributed by atoms with Gasteiger partial charge >= 0.3 is 0 Å². The Balaban J connectivity index is 1.48. The van der Waals surface area contributed by atoms with Gasteiger partial charge in [0.15, 0.2) is 0 Å². The molecule has 3 N–H and O–H groups in total. The van der Waals surface area contributed by atoms with E-state index >= 15 is 0 Å². The third-order valence-electron chi connectivity index (χ3n) is 5.24. The number of amidine groups is 1. The quantitative estimate of drug-likeness (QED) is 0.586. The first-order valence-corrected chi connectivity index (χ1v) is 7.96. The Kier molecular flexibility index (Phi) is 3.81. The normalized spacial score (nSPS) is 31.5. The fourth-order valence-electron chi connectivity index (χ4n) is 3.98. The van der Waals surface area contributed by atoms with Crippen molar-refractivity contribution in [2.24, 2.45) is 11.1 Å².